The number of H-pyrrole nitrogens is 1. The van der Waals surface area contributed by atoms with Crippen LogP contribution < -0.4 is 16.0 Å². The molecule has 0 saturated carbocycles. The standard InChI is InChI=1S/C38H40FN5O6/c1-21-30(20-27-26-19-24(39)12-14-29(26)42-34(27)46)41-22(2)33(21)36(48)40-17-9-7-5-3-4-6-8-10-23-11-13-25-28(18-23)38(50)44(37(25)49)31-15-16-32(45)43-35(31)47/h11-14,18-20,31,41H,3-10,15-17H2,1-2H3,(H,40,48)(H,42,46)(H,43,45,47)/b27-20-. The number of unbranched alkanes of at least 4 members (excludes halogenated alkanes) is 6. The quantitative estimate of drug-likeness (QED) is 0.108. The van der Waals surface area contributed by atoms with E-state index in [0.717, 1.165) is 67.4 Å². The van der Waals surface area contributed by atoms with Gasteiger partial charge in [-0.05, 0) is 87.1 Å². The van der Waals surface area contributed by atoms with Crippen LogP contribution in [0.2, 0.25) is 0 Å². The molecular weight excluding hydrogens is 641 g/mol. The zero-order valence-electron chi connectivity index (χ0n) is 28.2. The molecular formula is C38H40FN5O6. The van der Waals surface area contributed by atoms with Gasteiger partial charge in [0.1, 0.15) is 11.9 Å². The van der Waals surface area contributed by atoms with E-state index in [4.69, 9.17) is 0 Å². The highest BCUT2D eigenvalue weighted by atomic mass is 19.1. The monoisotopic (exact) mass is 681 g/mol. The van der Waals surface area contributed by atoms with E-state index < -0.39 is 35.5 Å². The molecule has 1 aromatic heterocycles. The molecule has 3 aliphatic heterocycles. The van der Waals surface area contributed by atoms with Crippen molar-refractivity contribution < 1.29 is 33.2 Å². The molecule has 0 radical (unpaired) electrons. The van der Waals surface area contributed by atoms with E-state index in [0.29, 0.717) is 51.4 Å². The lowest BCUT2D eigenvalue weighted by atomic mass is 10.0. The van der Waals surface area contributed by atoms with Crippen LogP contribution in [0.3, 0.4) is 0 Å². The van der Waals surface area contributed by atoms with E-state index in [1.807, 2.05) is 19.9 Å². The second-order valence-corrected chi connectivity index (χ2v) is 13.2. The first-order valence-corrected chi connectivity index (χ1v) is 17.2. The molecule has 0 bridgehead atoms. The van der Waals surface area contributed by atoms with Crippen molar-refractivity contribution >= 4 is 52.8 Å². The summed E-state index contributed by atoms with van der Waals surface area (Å²) >= 11 is 0. The molecule has 50 heavy (non-hydrogen) atoms. The van der Waals surface area contributed by atoms with Crippen LogP contribution in [-0.4, -0.2) is 57.9 Å². The second-order valence-electron chi connectivity index (χ2n) is 13.2. The SMILES string of the molecule is Cc1[nH]c(/C=C2\C(=O)Nc3ccc(F)cc32)c(C)c1C(=O)NCCCCCCCCCc1ccc2c(c1)C(=O)N(C1CCC(=O)NC1=O)C2=O. The molecule has 0 aliphatic carbocycles. The van der Waals surface area contributed by atoms with Crippen LogP contribution in [0.25, 0.3) is 11.6 Å². The number of nitrogens with zero attached hydrogens (tertiary/aromatic N) is 1. The second kappa shape index (κ2) is 14.6. The minimum Gasteiger partial charge on any atom is -0.358 e. The Balaban J connectivity index is 0.890. The molecule has 2 aromatic carbocycles. The summed E-state index contributed by atoms with van der Waals surface area (Å²) < 4.78 is 13.8. The van der Waals surface area contributed by atoms with Gasteiger partial charge in [0.05, 0.1) is 22.3 Å². The minimum absolute atomic E-state index is 0.0888. The van der Waals surface area contributed by atoms with E-state index in [1.165, 1.54) is 18.2 Å². The summed E-state index contributed by atoms with van der Waals surface area (Å²) in [5.74, 6) is -2.92. The summed E-state index contributed by atoms with van der Waals surface area (Å²) in [6.45, 7) is 4.19. The third kappa shape index (κ3) is 7.01. The van der Waals surface area contributed by atoms with Gasteiger partial charge in [-0.3, -0.25) is 39.0 Å². The highest BCUT2D eigenvalue weighted by Gasteiger charge is 2.44. The number of imide groups is 2. The number of hydrogen-bond acceptors (Lipinski definition) is 6. The predicted octanol–water partition coefficient (Wildman–Crippen LogP) is 5.37. The maximum Gasteiger partial charge on any atom is 0.262 e. The number of anilines is 1. The zero-order chi connectivity index (χ0) is 35.5. The molecule has 260 valence electrons. The topological polar surface area (TPSA) is 158 Å². The highest BCUT2D eigenvalue weighted by molar-refractivity contribution is 6.35. The van der Waals surface area contributed by atoms with Crippen LogP contribution in [0.5, 0.6) is 0 Å². The summed E-state index contributed by atoms with van der Waals surface area (Å²) in [5.41, 5.74) is 5.54. The van der Waals surface area contributed by atoms with Gasteiger partial charge < -0.3 is 15.6 Å². The summed E-state index contributed by atoms with van der Waals surface area (Å²) in [6.07, 6.45) is 9.64. The molecule has 3 aromatic rings. The molecule has 1 atom stereocenters. The Kier molecular flexibility index (Phi) is 10.1. The molecule has 0 spiro atoms. The van der Waals surface area contributed by atoms with Crippen molar-refractivity contribution in [3.63, 3.8) is 0 Å². The first kappa shape index (κ1) is 34.5. The lowest BCUT2D eigenvalue weighted by Crippen LogP contribution is -2.54. The Morgan fingerprint density at radius 3 is 2.36 bits per heavy atom. The van der Waals surface area contributed by atoms with Crippen molar-refractivity contribution in [3.05, 3.63) is 87.0 Å². The first-order chi connectivity index (χ1) is 24.0. The van der Waals surface area contributed by atoms with Crippen LogP contribution in [0.15, 0.2) is 36.4 Å². The highest BCUT2D eigenvalue weighted by Crippen LogP contribution is 2.34. The van der Waals surface area contributed by atoms with Gasteiger partial charge in [0.25, 0.3) is 23.6 Å². The van der Waals surface area contributed by atoms with Crippen molar-refractivity contribution in [2.24, 2.45) is 0 Å². The maximum atomic E-state index is 13.8. The number of halogens is 1. The summed E-state index contributed by atoms with van der Waals surface area (Å²) in [7, 11) is 0. The number of aryl methyl sites for hydroxylation is 2. The van der Waals surface area contributed by atoms with Crippen molar-refractivity contribution in [2.45, 2.75) is 84.1 Å². The number of amides is 6. The Bertz CT molecular complexity index is 1950. The van der Waals surface area contributed by atoms with Crippen LogP contribution in [0, 0.1) is 19.7 Å². The summed E-state index contributed by atoms with van der Waals surface area (Å²) in [6, 6.07) is 8.45. The van der Waals surface area contributed by atoms with E-state index >= 15 is 0 Å². The molecule has 6 amide bonds. The van der Waals surface area contributed by atoms with E-state index in [2.05, 4.69) is 20.9 Å². The largest absolute Gasteiger partial charge is 0.358 e. The fourth-order valence-electron chi connectivity index (χ4n) is 7.01. The summed E-state index contributed by atoms with van der Waals surface area (Å²) in [4.78, 5) is 79.5. The first-order valence-electron chi connectivity index (χ1n) is 17.2. The number of aromatic amines is 1. The van der Waals surface area contributed by atoms with Gasteiger partial charge >= 0.3 is 0 Å². The number of rotatable bonds is 13. The molecule has 3 aliphatic rings. The van der Waals surface area contributed by atoms with Crippen molar-refractivity contribution in [2.75, 3.05) is 11.9 Å². The Labute approximate surface area is 289 Å². The molecule has 1 unspecified atom stereocenters. The van der Waals surface area contributed by atoms with Gasteiger partial charge in [0.15, 0.2) is 0 Å². The number of piperidine rings is 1. The fraction of sp³-hybridized carbons (Fsp3) is 0.368. The predicted molar refractivity (Wildman–Crippen MR) is 185 cm³/mol. The van der Waals surface area contributed by atoms with E-state index in [1.54, 1.807) is 18.2 Å². The molecule has 1 saturated heterocycles. The van der Waals surface area contributed by atoms with Crippen LogP contribution in [0.1, 0.15) is 117 Å². The van der Waals surface area contributed by atoms with Gasteiger partial charge in [-0.2, -0.15) is 0 Å². The van der Waals surface area contributed by atoms with Gasteiger partial charge in [-0.25, -0.2) is 4.39 Å². The zero-order valence-corrected chi connectivity index (χ0v) is 28.2. The molecule has 4 N–H and O–H groups in total. The van der Waals surface area contributed by atoms with E-state index in [9.17, 15) is 33.2 Å². The van der Waals surface area contributed by atoms with Crippen molar-refractivity contribution in [3.8, 4) is 0 Å². The molecule has 4 heterocycles. The third-order valence-corrected chi connectivity index (χ3v) is 9.69. The lowest BCUT2D eigenvalue weighted by Gasteiger charge is -2.27. The lowest BCUT2D eigenvalue weighted by molar-refractivity contribution is -0.136. The van der Waals surface area contributed by atoms with Gasteiger partial charge in [-0.1, -0.05) is 38.2 Å². The Morgan fingerprint density at radius 1 is 0.880 bits per heavy atom. The van der Waals surface area contributed by atoms with Gasteiger partial charge in [0, 0.05) is 35.6 Å². The van der Waals surface area contributed by atoms with Crippen molar-refractivity contribution in [1.29, 1.82) is 0 Å². The van der Waals surface area contributed by atoms with Crippen LogP contribution in [0.4, 0.5) is 10.1 Å². The molecule has 6 rings (SSSR count). The summed E-state index contributed by atoms with van der Waals surface area (Å²) in [5, 5.41) is 7.96. The van der Waals surface area contributed by atoms with Gasteiger partial charge in [-0.15, -0.1) is 0 Å². The molecule has 1 fully saturated rings. The number of nitrogens with one attached hydrogen (secondary N) is 4. The number of carbonyl (C=O) groups excluding carboxylic acids is 6. The fourth-order valence-corrected chi connectivity index (χ4v) is 7.01. The number of hydrogen-bond donors (Lipinski definition) is 4. The number of benzene rings is 2. The average molecular weight is 682 g/mol. The Morgan fingerprint density at radius 2 is 1.60 bits per heavy atom. The van der Waals surface area contributed by atoms with Crippen molar-refractivity contribution in [1.82, 2.24) is 20.5 Å². The molecule has 11 nitrogen and oxygen atoms in total. The number of fused-ring (bicyclic) bond motifs is 2. The van der Waals surface area contributed by atoms with Crippen LogP contribution in [-0.2, 0) is 20.8 Å². The van der Waals surface area contributed by atoms with Gasteiger partial charge in [0.2, 0.25) is 11.8 Å². The normalized spacial score (nSPS) is 17.7. The third-order valence-electron chi connectivity index (χ3n) is 9.69. The van der Waals surface area contributed by atoms with E-state index in [-0.39, 0.29) is 24.7 Å². The Hall–Kier alpha value is -5.39. The minimum atomic E-state index is -0.966. The number of aromatic nitrogens is 1. The van der Waals surface area contributed by atoms with Crippen LogP contribution >= 0.6 is 0 Å². The number of carbonyl (C=O) groups is 6. The maximum absolute atomic E-state index is 13.8. The smallest absolute Gasteiger partial charge is 0.262 e. The molecule has 12 heteroatoms. The average Bonchev–Trinajstić information content (AvgIpc) is 3.64.